The molecule has 0 amide bonds. The lowest BCUT2D eigenvalue weighted by Crippen LogP contribution is -2.41. The predicted molar refractivity (Wildman–Crippen MR) is 101 cm³/mol. The zero-order chi connectivity index (χ0) is 23.9. The van der Waals surface area contributed by atoms with Gasteiger partial charge in [0.15, 0.2) is 12.2 Å². The largest absolute Gasteiger partial charge is 0.479 e. The zero-order valence-corrected chi connectivity index (χ0v) is 16.9. The van der Waals surface area contributed by atoms with Crippen LogP contribution in [0.5, 0.6) is 0 Å². The molecule has 1 aromatic rings. The number of hydrogen-bond acceptors (Lipinski definition) is 6. The summed E-state index contributed by atoms with van der Waals surface area (Å²) in [5.74, 6) is -4.33. The van der Waals surface area contributed by atoms with Crippen molar-refractivity contribution >= 4 is 11.9 Å². The number of aliphatic carboxylic acids is 2. The Morgan fingerprint density at radius 1 is 1.16 bits per heavy atom. The van der Waals surface area contributed by atoms with Crippen LogP contribution in [0.4, 0.5) is 17.6 Å². The van der Waals surface area contributed by atoms with E-state index >= 15 is 0 Å². The third-order valence-corrected chi connectivity index (χ3v) is 4.71. The molecular formula is C19H26F4N2O6. The highest BCUT2D eigenvalue weighted by molar-refractivity contribution is 5.83. The Labute approximate surface area is 176 Å². The quantitative estimate of drug-likeness (QED) is 0.390. The summed E-state index contributed by atoms with van der Waals surface area (Å²) in [5, 5.41) is 35.8. The first-order valence-corrected chi connectivity index (χ1v) is 9.39. The number of nitrogens with one attached hydrogen (secondary N) is 1. The van der Waals surface area contributed by atoms with E-state index in [1.165, 1.54) is 6.07 Å². The molecule has 0 bridgehead atoms. The smallest absolute Gasteiger partial charge is 0.416 e. The first-order valence-electron chi connectivity index (χ1n) is 9.39. The number of carbonyl (C=O) groups is 2. The third-order valence-electron chi connectivity index (χ3n) is 4.71. The lowest BCUT2D eigenvalue weighted by atomic mass is 10.1. The molecule has 1 aliphatic rings. The highest BCUT2D eigenvalue weighted by Crippen LogP contribution is 2.30. The molecule has 0 saturated carbocycles. The molecule has 2 rings (SSSR count). The minimum absolute atomic E-state index is 0.205. The Bertz CT molecular complexity index is 735. The molecule has 8 nitrogen and oxygen atoms in total. The van der Waals surface area contributed by atoms with Crippen molar-refractivity contribution < 1.29 is 47.6 Å². The van der Waals surface area contributed by atoms with E-state index in [0.717, 1.165) is 25.6 Å². The molecule has 0 unspecified atom stereocenters. The summed E-state index contributed by atoms with van der Waals surface area (Å²) in [6.07, 6.45) is -8.07. The molecule has 1 heterocycles. The maximum Gasteiger partial charge on any atom is 0.416 e. The van der Waals surface area contributed by atoms with Crippen molar-refractivity contribution in [3.05, 3.63) is 35.1 Å². The van der Waals surface area contributed by atoms with Crippen LogP contribution in [0.25, 0.3) is 0 Å². The molecule has 5 N–H and O–H groups in total. The number of hydrogen-bond donors (Lipinski definition) is 5. The summed E-state index contributed by atoms with van der Waals surface area (Å²) in [4.78, 5) is 21.7. The van der Waals surface area contributed by atoms with E-state index in [-0.39, 0.29) is 6.04 Å². The number of nitrogens with zero attached hydrogens (tertiary/aromatic N) is 1. The Kier molecular flexibility index (Phi) is 9.81. The fourth-order valence-electron chi connectivity index (χ4n) is 2.97. The summed E-state index contributed by atoms with van der Waals surface area (Å²) in [6, 6.07) is 3.28. The van der Waals surface area contributed by atoms with Crippen LogP contribution >= 0.6 is 0 Å². The van der Waals surface area contributed by atoms with Gasteiger partial charge in [-0.3, -0.25) is 4.90 Å². The number of benzene rings is 1. The van der Waals surface area contributed by atoms with E-state index in [0.29, 0.717) is 24.2 Å². The fourth-order valence-corrected chi connectivity index (χ4v) is 2.97. The highest BCUT2D eigenvalue weighted by Gasteiger charge is 2.32. The van der Waals surface area contributed by atoms with Crippen molar-refractivity contribution in [2.75, 3.05) is 13.1 Å². The first kappa shape index (κ1) is 26.8. The minimum Gasteiger partial charge on any atom is -0.479 e. The van der Waals surface area contributed by atoms with Crippen LogP contribution in [0.1, 0.15) is 31.4 Å². The predicted octanol–water partition coefficient (Wildman–Crippen LogP) is 1.29. The lowest BCUT2D eigenvalue weighted by molar-refractivity contribution is -0.165. The van der Waals surface area contributed by atoms with E-state index < -0.39 is 41.7 Å². The van der Waals surface area contributed by atoms with Crippen molar-refractivity contribution in [2.45, 2.75) is 57.3 Å². The average Bonchev–Trinajstić information content (AvgIpc) is 3.19. The van der Waals surface area contributed by atoms with Crippen LogP contribution in [-0.2, 0) is 22.3 Å². The molecule has 176 valence electrons. The van der Waals surface area contributed by atoms with Crippen LogP contribution in [-0.4, -0.2) is 74.6 Å². The second kappa shape index (κ2) is 11.4. The molecule has 3 atom stereocenters. The van der Waals surface area contributed by atoms with Gasteiger partial charge in [-0.2, -0.15) is 13.2 Å². The van der Waals surface area contributed by atoms with Crippen molar-refractivity contribution in [2.24, 2.45) is 0 Å². The van der Waals surface area contributed by atoms with Crippen LogP contribution in [0, 0.1) is 5.82 Å². The zero-order valence-electron chi connectivity index (χ0n) is 16.9. The van der Waals surface area contributed by atoms with Crippen molar-refractivity contribution in [3.8, 4) is 0 Å². The standard InChI is InChI=1S/C15H20F4N2.C4H6O6/c1-10(2)21(13-5-6-20-8-13)9-11-3-4-12(7-14(11)16)15(17,18)19;5-1(3(7)8)2(6)4(9)10/h3-4,7,10,13,20H,5-6,8-9H2,1-2H3;1-2,5-6H,(H,7,8)(H,9,10)/t13-;1-,2-/m01/s1. The van der Waals surface area contributed by atoms with E-state index in [9.17, 15) is 27.2 Å². The van der Waals surface area contributed by atoms with Gasteiger partial charge in [0.1, 0.15) is 5.82 Å². The number of halogens is 4. The second-order valence-electron chi connectivity index (χ2n) is 7.28. The highest BCUT2D eigenvalue weighted by atomic mass is 19.4. The normalized spacial score (nSPS) is 18.5. The summed E-state index contributed by atoms with van der Waals surface area (Å²) in [5.41, 5.74) is -0.633. The molecule has 0 aromatic heterocycles. The number of carboxylic acids is 2. The molecule has 31 heavy (non-hydrogen) atoms. The second-order valence-corrected chi connectivity index (χ2v) is 7.28. The number of aliphatic hydroxyl groups is 2. The summed E-state index contributed by atoms with van der Waals surface area (Å²) < 4.78 is 51.6. The van der Waals surface area contributed by atoms with Crippen molar-refractivity contribution in [1.82, 2.24) is 10.2 Å². The molecule has 1 aromatic carbocycles. The SMILES string of the molecule is CC(C)N(Cc1ccc(C(F)(F)F)cc1F)[C@H]1CCNC1.O=C(O)[C@H](O)[C@@H](O)C(=O)O. The summed E-state index contributed by atoms with van der Waals surface area (Å²) >= 11 is 0. The summed E-state index contributed by atoms with van der Waals surface area (Å²) in [7, 11) is 0. The minimum atomic E-state index is -4.51. The lowest BCUT2D eigenvalue weighted by Gasteiger charge is -2.32. The van der Waals surface area contributed by atoms with Gasteiger partial charge < -0.3 is 25.7 Å². The van der Waals surface area contributed by atoms with Crippen LogP contribution in [0.15, 0.2) is 18.2 Å². The maximum atomic E-state index is 13.9. The topological polar surface area (TPSA) is 130 Å². The van der Waals surface area contributed by atoms with Gasteiger partial charge in [0, 0.05) is 30.7 Å². The molecule has 1 aliphatic heterocycles. The van der Waals surface area contributed by atoms with Gasteiger partial charge in [-0.15, -0.1) is 0 Å². The van der Waals surface area contributed by atoms with E-state index in [1.807, 2.05) is 13.8 Å². The molecule has 1 saturated heterocycles. The molecule has 0 spiro atoms. The third kappa shape index (κ3) is 8.05. The number of aliphatic hydroxyl groups excluding tert-OH is 2. The van der Waals surface area contributed by atoms with Gasteiger partial charge in [-0.1, -0.05) is 6.07 Å². The van der Waals surface area contributed by atoms with Gasteiger partial charge in [0.25, 0.3) is 0 Å². The Balaban J connectivity index is 0.000000407. The fraction of sp³-hybridized carbons (Fsp3) is 0.579. The molecule has 1 fully saturated rings. The summed E-state index contributed by atoms with van der Waals surface area (Å²) in [6.45, 7) is 6.11. The molecular weight excluding hydrogens is 428 g/mol. The van der Waals surface area contributed by atoms with Gasteiger partial charge in [0.2, 0.25) is 0 Å². The Morgan fingerprint density at radius 3 is 2.06 bits per heavy atom. The van der Waals surface area contributed by atoms with Gasteiger partial charge in [-0.05, 0) is 38.9 Å². The number of alkyl halides is 3. The van der Waals surface area contributed by atoms with Gasteiger partial charge >= 0.3 is 18.1 Å². The maximum absolute atomic E-state index is 13.9. The monoisotopic (exact) mass is 454 g/mol. The molecule has 0 aliphatic carbocycles. The average molecular weight is 454 g/mol. The Morgan fingerprint density at radius 2 is 1.71 bits per heavy atom. The number of rotatable bonds is 7. The van der Waals surface area contributed by atoms with Crippen LogP contribution in [0.2, 0.25) is 0 Å². The van der Waals surface area contributed by atoms with E-state index in [1.54, 1.807) is 0 Å². The first-order chi connectivity index (χ1) is 14.3. The van der Waals surface area contributed by atoms with Gasteiger partial charge in [0.05, 0.1) is 5.56 Å². The molecule has 0 radical (unpaired) electrons. The van der Waals surface area contributed by atoms with E-state index in [4.69, 9.17) is 20.4 Å². The van der Waals surface area contributed by atoms with E-state index in [2.05, 4.69) is 10.2 Å². The number of carboxylic acid groups (broad SMARTS) is 2. The van der Waals surface area contributed by atoms with Gasteiger partial charge in [-0.25, -0.2) is 14.0 Å². The molecule has 12 heteroatoms. The van der Waals surface area contributed by atoms with Crippen LogP contribution in [0.3, 0.4) is 0 Å². The van der Waals surface area contributed by atoms with Crippen molar-refractivity contribution in [1.29, 1.82) is 0 Å². The van der Waals surface area contributed by atoms with Crippen LogP contribution < -0.4 is 5.32 Å². The Hall–Kier alpha value is -2.28. The van der Waals surface area contributed by atoms with Crippen molar-refractivity contribution in [3.63, 3.8) is 0 Å².